The summed E-state index contributed by atoms with van der Waals surface area (Å²) >= 11 is 12.3. The van der Waals surface area contributed by atoms with Gasteiger partial charge in [0.25, 0.3) is 0 Å². The molecule has 0 aliphatic carbocycles. The summed E-state index contributed by atoms with van der Waals surface area (Å²) < 4.78 is 16.4. The molecule has 35 heavy (non-hydrogen) atoms. The number of hydrogen-bond acceptors (Lipinski definition) is 2. The molecule has 1 fully saturated rings. The quantitative estimate of drug-likeness (QED) is 0.301. The Hall–Kier alpha value is -3.22. The van der Waals surface area contributed by atoms with Crippen LogP contribution in [0.5, 0.6) is 0 Å². The maximum Gasteiger partial charge on any atom is 0.174 e. The summed E-state index contributed by atoms with van der Waals surface area (Å²) in [5.74, 6) is -0.237. The topological polar surface area (TPSA) is 33.1 Å². The summed E-state index contributed by atoms with van der Waals surface area (Å²) in [6.07, 6.45) is 1.79. The predicted molar refractivity (Wildman–Crippen MR) is 144 cm³/mol. The zero-order valence-corrected chi connectivity index (χ0v) is 21.6. The highest BCUT2D eigenvalue weighted by atomic mass is 35.5. The summed E-state index contributed by atoms with van der Waals surface area (Å²) in [4.78, 5) is 6.72. The van der Waals surface area contributed by atoms with E-state index in [2.05, 4.69) is 45.7 Å². The van der Waals surface area contributed by atoms with Crippen molar-refractivity contribution in [3.8, 4) is 5.69 Å². The van der Waals surface area contributed by atoms with Crippen molar-refractivity contribution >= 4 is 34.6 Å². The highest BCUT2D eigenvalue weighted by molar-refractivity contribution is 7.80. The number of pyridine rings is 1. The Morgan fingerprint density at radius 3 is 2.51 bits per heavy atom. The summed E-state index contributed by atoms with van der Waals surface area (Å²) in [6.45, 7) is 8.02. The second kappa shape index (κ2) is 9.10. The molecule has 0 radical (unpaired) electrons. The predicted octanol–water partition coefficient (Wildman–Crippen LogP) is 7.08. The van der Waals surface area contributed by atoms with E-state index in [1.165, 1.54) is 6.07 Å². The molecule has 7 heteroatoms. The van der Waals surface area contributed by atoms with Crippen molar-refractivity contribution in [2.45, 2.75) is 39.8 Å². The van der Waals surface area contributed by atoms with Gasteiger partial charge in [-0.25, -0.2) is 4.39 Å². The van der Waals surface area contributed by atoms with Crippen molar-refractivity contribution in [1.82, 2.24) is 14.9 Å². The number of halogens is 2. The van der Waals surface area contributed by atoms with Crippen LogP contribution in [0.4, 0.5) is 10.1 Å². The number of aryl methyl sites for hydroxylation is 2. The molecular weight excluding hydrogens is 479 g/mol. The monoisotopic (exact) mass is 504 g/mol. The van der Waals surface area contributed by atoms with Gasteiger partial charge in [0.2, 0.25) is 0 Å². The van der Waals surface area contributed by atoms with E-state index in [-0.39, 0.29) is 17.9 Å². The molecule has 2 atom stereocenters. The number of nitrogens with one attached hydrogen (secondary N) is 1. The molecule has 1 N–H and O–H groups in total. The molecule has 0 bridgehead atoms. The Balaban J connectivity index is 1.71. The highest BCUT2D eigenvalue weighted by Gasteiger charge is 2.42. The third kappa shape index (κ3) is 4.01. The molecule has 2 aromatic heterocycles. The molecule has 4 aromatic rings. The fourth-order valence-electron chi connectivity index (χ4n) is 5.02. The number of benzene rings is 2. The number of thiocarbonyl (C=S) groups is 1. The average molecular weight is 505 g/mol. The third-order valence-electron chi connectivity index (χ3n) is 6.79. The van der Waals surface area contributed by atoms with Crippen LogP contribution in [-0.2, 0) is 0 Å². The lowest BCUT2D eigenvalue weighted by atomic mass is 9.96. The van der Waals surface area contributed by atoms with Crippen LogP contribution < -0.4 is 10.2 Å². The van der Waals surface area contributed by atoms with Gasteiger partial charge in [0, 0.05) is 34.0 Å². The van der Waals surface area contributed by atoms with Gasteiger partial charge in [-0.3, -0.25) is 4.98 Å². The number of nitrogens with zero attached hydrogens (tertiary/aromatic N) is 3. The Kier molecular flexibility index (Phi) is 6.11. The zero-order valence-electron chi connectivity index (χ0n) is 20.0. The van der Waals surface area contributed by atoms with E-state index in [0.29, 0.717) is 10.7 Å². The van der Waals surface area contributed by atoms with Crippen molar-refractivity contribution in [2.75, 3.05) is 4.90 Å². The number of anilines is 1. The van der Waals surface area contributed by atoms with E-state index < -0.39 is 0 Å². The van der Waals surface area contributed by atoms with Gasteiger partial charge in [0.1, 0.15) is 5.82 Å². The van der Waals surface area contributed by atoms with Crippen molar-refractivity contribution in [2.24, 2.45) is 0 Å². The summed E-state index contributed by atoms with van der Waals surface area (Å²) in [7, 11) is 0. The molecule has 0 unspecified atom stereocenters. The lowest BCUT2D eigenvalue weighted by Gasteiger charge is -2.28. The number of hydrogen-bond donors (Lipinski definition) is 1. The first-order valence-electron chi connectivity index (χ1n) is 11.5. The molecule has 1 aliphatic heterocycles. The lowest BCUT2D eigenvalue weighted by Crippen LogP contribution is -2.29. The van der Waals surface area contributed by atoms with Crippen LogP contribution in [0.1, 0.15) is 45.9 Å². The van der Waals surface area contributed by atoms with E-state index in [9.17, 15) is 4.39 Å². The fourth-order valence-corrected chi connectivity index (χ4v) is 5.54. The van der Waals surface area contributed by atoms with Crippen LogP contribution in [-0.4, -0.2) is 14.7 Å². The van der Waals surface area contributed by atoms with Gasteiger partial charge in [0.05, 0.1) is 17.8 Å². The molecular formula is C28H26ClFN4S. The van der Waals surface area contributed by atoms with Gasteiger partial charge in [-0.1, -0.05) is 23.7 Å². The molecule has 4 nitrogen and oxygen atoms in total. The molecule has 0 amide bonds. The van der Waals surface area contributed by atoms with E-state index in [1.54, 1.807) is 19.2 Å². The smallest absolute Gasteiger partial charge is 0.174 e. The second-order valence-corrected chi connectivity index (χ2v) is 9.77. The van der Waals surface area contributed by atoms with Crippen molar-refractivity contribution in [3.63, 3.8) is 0 Å². The van der Waals surface area contributed by atoms with E-state index in [1.807, 2.05) is 43.3 Å². The molecule has 5 rings (SSSR count). The molecule has 3 heterocycles. The largest absolute Gasteiger partial charge is 0.351 e. The Morgan fingerprint density at radius 2 is 1.80 bits per heavy atom. The number of aromatic nitrogens is 2. The molecule has 178 valence electrons. The first-order chi connectivity index (χ1) is 16.8. The molecule has 1 aliphatic rings. The molecule has 0 spiro atoms. The van der Waals surface area contributed by atoms with Crippen LogP contribution in [0.3, 0.4) is 0 Å². The maximum absolute atomic E-state index is 14.1. The average Bonchev–Trinajstić information content (AvgIpc) is 3.33. The van der Waals surface area contributed by atoms with Gasteiger partial charge < -0.3 is 14.8 Å². The fraction of sp³-hybridized carbons (Fsp3) is 0.214. The summed E-state index contributed by atoms with van der Waals surface area (Å²) in [5, 5.41) is 4.80. The minimum absolute atomic E-state index is 0.177. The Morgan fingerprint density at radius 1 is 1.00 bits per heavy atom. The van der Waals surface area contributed by atoms with Gasteiger partial charge in [-0.2, -0.15) is 0 Å². The van der Waals surface area contributed by atoms with Gasteiger partial charge >= 0.3 is 0 Å². The third-order valence-corrected chi connectivity index (χ3v) is 7.51. The summed E-state index contributed by atoms with van der Waals surface area (Å²) in [6, 6.07) is 18.8. The normalized spacial score (nSPS) is 17.7. The van der Waals surface area contributed by atoms with Crippen LogP contribution in [0.15, 0.2) is 66.9 Å². The standard InChI is InChI=1S/C28H26ClFN4S/c1-16-14-20(11-12-23(16)30)34-27(26(32-28(34)35)24-9-5-6-13-31-24)21-15-17(2)33(19(21)4)25-10-7-8-22(29)18(25)3/h5-15,26-27H,1-4H3,(H,32,35)/t26-,27-/m1/s1. The van der Waals surface area contributed by atoms with Crippen LogP contribution in [0.2, 0.25) is 5.02 Å². The van der Waals surface area contributed by atoms with Crippen molar-refractivity contribution in [1.29, 1.82) is 0 Å². The molecule has 1 saturated heterocycles. The van der Waals surface area contributed by atoms with Crippen LogP contribution in [0, 0.1) is 33.5 Å². The van der Waals surface area contributed by atoms with Crippen molar-refractivity contribution in [3.05, 3.63) is 111 Å². The minimum Gasteiger partial charge on any atom is -0.351 e. The summed E-state index contributed by atoms with van der Waals surface area (Å²) in [5.41, 5.74) is 7.68. The zero-order chi connectivity index (χ0) is 24.9. The van der Waals surface area contributed by atoms with E-state index in [0.717, 1.165) is 44.6 Å². The lowest BCUT2D eigenvalue weighted by molar-refractivity contribution is 0.564. The SMILES string of the molecule is Cc1cc(N2C(=S)N[C@H](c3ccccn3)[C@H]2c2cc(C)n(-c3cccc(Cl)c3C)c2C)ccc1F. The van der Waals surface area contributed by atoms with Gasteiger partial charge in [-0.05, 0) is 105 Å². The first-order valence-corrected chi connectivity index (χ1v) is 12.3. The first kappa shape index (κ1) is 23.5. The van der Waals surface area contributed by atoms with E-state index in [4.69, 9.17) is 23.8 Å². The molecule has 0 saturated carbocycles. The van der Waals surface area contributed by atoms with Gasteiger partial charge in [-0.15, -0.1) is 0 Å². The van der Waals surface area contributed by atoms with Crippen LogP contribution >= 0.6 is 23.8 Å². The Bertz CT molecular complexity index is 1430. The van der Waals surface area contributed by atoms with Crippen molar-refractivity contribution < 1.29 is 4.39 Å². The van der Waals surface area contributed by atoms with E-state index >= 15 is 0 Å². The van der Waals surface area contributed by atoms with Crippen LogP contribution in [0.25, 0.3) is 5.69 Å². The highest BCUT2D eigenvalue weighted by Crippen LogP contribution is 2.44. The second-order valence-electron chi connectivity index (χ2n) is 8.98. The maximum atomic E-state index is 14.1. The van der Waals surface area contributed by atoms with Gasteiger partial charge in [0.15, 0.2) is 5.11 Å². The minimum atomic E-state index is -0.237. The number of rotatable bonds is 4. The Labute approximate surface area is 215 Å². The molecule has 2 aromatic carbocycles.